The Morgan fingerprint density at radius 2 is 2.04 bits per heavy atom. The van der Waals surface area contributed by atoms with Crippen LogP contribution in [0, 0.1) is 6.92 Å². The second-order valence-corrected chi connectivity index (χ2v) is 7.11. The van der Waals surface area contributed by atoms with Crippen LogP contribution in [0.25, 0.3) is 0 Å². The number of nitrogens with zero attached hydrogens (tertiary/aromatic N) is 3. The molecule has 0 saturated carbocycles. The molecule has 28 heavy (non-hydrogen) atoms. The molecule has 3 rings (SSSR count). The molecule has 1 aromatic heterocycles. The molecule has 1 atom stereocenters. The third-order valence-corrected chi connectivity index (χ3v) is 5.11. The Hall–Kier alpha value is -2.67. The van der Waals surface area contributed by atoms with Crippen LogP contribution in [-0.2, 0) is 11.3 Å². The number of carboxylic acids is 1. The van der Waals surface area contributed by atoms with E-state index in [4.69, 9.17) is 9.84 Å². The predicted octanol–water partition coefficient (Wildman–Crippen LogP) is 2.95. The highest BCUT2D eigenvalue weighted by molar-refractivity contribution is 5.93. The maximum absolute atomic E-state index is 13.1. The molecular weight excluding hydrogens is 358 g/mol. The van der Waals surface area contributed by atoms with Crippen molar-refractivity contribution in [3.05, 3.63) is 52.8 Å². The second-order valence-electron chi connectivity index (χ2n) is 7.11. The van der Waals surface area contributed by atoms with Crippen LogP contribution in [0.3, 0.4) is 0 Å². The molecule has 1 aromatic carbocycles. The van der Waals surface area contributed by atoms with Gasteiger partial charge < -0.3 is 14.7 Å². The van der Waals surface area contributed by atoms with E-state index in [2.05, 4.69) is 5.10 Å². The lowest BCUT2D eigenvalue weighted by Gasteiger charge is -2.33. The number of aryl methyl sites for hydroxylation is 1. The van der Waals surface area contributed by atoms with Gasteiger partial charge in [0.25, 0.3) is 5.91 Å². The summed E-state index contributed by atoms with van der Waals surface area (Å²) < 4.78 is 7.14. The van der Waals surface area contributed by atoms with Gasteiger partial charge in [-0.05, 0) is 50.5 Å². The number of carboxylic acid groups (broad SMARTS) is 1. The minimum absolute atomic E-state index is 0.0102. The average Bonchev–Trinajstić information content (AvgIpc) is 3.08. The van der Waals surface area contributed by atoms with Gasteiger partial charge in [-0.2, -0.15) is 5.10 Å². The van der Waals surface area contributed by atoms with Gasteiger partial charge in [-0.1, -0.05) is 12.1 Å². The van der Waals surface area contributed by atoms with Crippen LogP contribution in [0.15, 0.2) is 30.3 Å². The van der Waals surface area contributed by atoms with Crippen molar-refractivity contribution in [3.8, 4) is 0 Å². The van der Waals surface area contributed by atoms with Crippen LogP contribution < -0.4 is 0 Å². The van der Waals surface area contributed by atoms with E-state index in [-0.39, 0.29) is 17.4 Å². The number of likely N-dealkylation sites (tertiary alicyclic amines) is 1. The Morgan fingerprint density at radius 1 is 1.29 bits per heavy atom. The fourth-order valence-electron chi connectivity index (χ4n) is 3.68. The van der Waals surface area contributed by atoms with Crippen molar-refractivity contribution >= 4 is 11.9 Å². The highest BCUT2D eigenvalue weighted by atomic mass is 16.5. The minimum atomic E-state index is -0.928. The van der Waals surface area contributed by atoms with Crippen molar-refractivity contribution < 1.29 is 19.4 Å². The van der Waals surface area contributed by atoms with Gasteiger partial charge in [0, 0.05) is 25.6 Å². The molecule has 1 aliphatic rings. The van der Waals surface area contributed by atoms with Gasteiger partial charge >= 0.3 is 5.97 Å². The molecule has 1 aliphatic heterocycles. The molecule has 0 unspecified atom stereocenters. The second kappa shape index (κ2) is 9.01. The number of hydrogen-bond donors (Lipinski definition) is 1. The van der Waals surface area contributed by atoms with Crippen molar-refractivity contribution in [2.45, 2.75) is 39.2 Å². The lowest BCUT2D eigenvalue weighted by atomic mass is 9.90. The minimum Gasteiger partial charge on any atom is -0.478 e. The quantitative estimate of drug-likeness (QED) is 0.741. The van der Waals surface area contributed by atoms with Crippen molar-refractivity contribution in [3.63, 3.8) is 0 Å². The lowest BCUT2D eigenvalue weighted by molar-refractivity contribution is 0.0685. The number of aromatic carboxylic acids is 1. The fraction of sp³-hybridized carbons (Fsp3) is 0.476. The van der Waals surface area contributed by atoms with E-state index >= 15 is 0 Å². The zero-order valence-electron chi connectivity index (χ0n) is 16.4. The molecule has 7 nitrogen and oxygen atoms in total. The monoisotopic (exact) mass is 385 g/mol. The SMILES string of the molecule is CCOCCn1nc(C)cc1C(=O)N1CCC[C@@H](c2ccc(C(=O)O)cc2)C1. The zero-order valence-corrected chi connectivity index (χ0v) is 16.4. The number of piperidine rings is 1. The van der Waals surface area contributed by atoms with E-state index in [1.165, 1.54) is 0 Å². The van der Waals surface area contributed by atoms with Gasteiger partial charge in [-0.25, -0.2) is 4.79 Å². The van der Waals surface area contributed by atoms with Gasteiger partial charge in [0.05, 0.1) is 24.4 Å². The predicted molar refractivity (Wildman–Crippen MR) is 105 cm³/mol. The Balaban J connectivity index is 1.71. The smallest absolute Gasteiger partial charge is 0.335 e. The Bertz CT molecular complexity index is 829. The van der Waals surface area contributed by atoms with Crippen LogP contribution in [0.2, 0.25) is 0 Å². The molecule has 2 heterocycles. The number of benzene rings is 1. The maximum atomic E-state index is 13.1. The number of aromatic nitrogens is 2. The molecule has 1 fully saturated rings. The number of carbonyl (C=O) groups is 2. The summed E-state index contributed by atoms with van der Waals surface area (Å²) in [5.41, 5.74) is 2.77. The molecule has 1 saturated heterocycles. The number of rotatable bonds is 7. The van der Waals surface area contributed by atoms with Crippen LogP contribution >= 0.6 is 0 Å². The fourth-order valence-corrected chi connectivity index (χ4v) is 3.68. The molecule has 7 heteroatoms. The molecule has 2 aromatic rings. The summed E-state index contributed by atoms with van der Waals surface area (Å²) in [6, 6.07) is 8.81. The number of ether oxygens (including phenoxy) is 1. The first kappa shape index (κ1) is 20.1. The summed E-state index contributed by atoms with van der Waals surface area (Å²) in [4.78, 5) is 26.1. The summed E-state index contributed by atoms with van der Waals surface area (Å²) in [7, 11) is 0. The largest absolute Gasteiger partial charge is 0.478 e. The van der Waals surface area contributed by atoms with Crippen LogP contribution in [-0.4, -0.2) is 58.0 Å². The summed E-state index contributed by atoms with van der Waals surface area (Å²) in [6.45, 7) is 6.89. The van der Waals surface area contributed by atoms with Gasteiger partial charge in [0.15, 0.2) is 0 Å². The highest BCUT2D eigenvalue weighted by Gasteiger charge is 2.27. The molecule has 150 valence electrons. The van der Waals surface area contributed by atoms with Crippen LogP contribution in [0.4, 0.5) is 0 Å². The van der Waals surface area contributed by atoms with E-state index in [0.717, 1.165) is 30.6 Å². The van der Waals surface area contributed by atoms with Crippen molar-refractivity contribution in [1.29, 1.82) is 0 Å². The molecule has 0 spiro atoms. The molecular formula is C21H27N3O4. The normalized spacial score (nSPS) is 16.9. The van der Waals surface area contributed by atoms with Gasteiger partial charge in [0.2, 0.25) is 0 Å². The van der Waals surface area contributed by atoms with Gasteiger partial charge in [-0.3, -0.25) is 9.48 Å². The van der Waals surface area contributed by atoms with Crippen LogP contribution in [0.5, 0.6) is 0 Å². The third kappa shape index (κ3) is 4.59. The summed E-state index contributed by atoms with van der Waals surface area (Å²) in [6.07, 6.45) is 1.90. The average molecular weight is 385 g/mol. The van der Waals surface area contributed by atoms with Crippen molar-refractivity contribution in [2.75, 3.05) is 26.3 Å². The number of carbonyl (C=O) groups excluding carboxylic acids is 1. The Labute approximate surface area is 164 Å². The molecule has 0 bridgehead atoms. The first-order chi connectivity index (χ1) is 13.5. The zero-order chi connectivity index (χ0) is 20.1. The van der Waals surface area contributed by atoms with E-state index in [0.29, 0.717) is 32.0 Å². The lowest BCUT2D eigenvalue weighted by Crippen LogP contribution is -2.40. The summed E-state index contributed by atoms with van der Waals surface area (Å²) >= 11 is 0. The van der Waals surface area contributed by atoms with E-state index in [9.17, 15) is 9.59 Å². The third-order valence-electron chi connectivity index (χ3n) is 5.11. The van der Waals surface area contributed by atoms with Gasteiger partial charge in [0.1, 0.15) is 5.69 Å². The van der Waals surface area contributed by atoms with E-state index in [1.807, 2.05) is 36.9 Å². The number of hydrogen-bond acceptors (Lipinski definition) is 4. The van der Waals surface area contributed by atoms with E-state index in [1.54, 1.807) is 16.8 Å². The topological polar surface area (TPSA) is 84.7 Å². The van der Waals surface area contributed by atoms with Gasteiger partial charge in [-0.15, -0.1) is 0 Å². The first-order valence-corrected chi connectivity index (χ1v) is 9.74. The molecule has 0 aliphatic carbocycles. The Morgan fingerprint density at radius 3 is 2.71 bits per heavy atom. The van der Waals surface area contributed by atoms with Crippen molar-refractivity contribution in [1.82, 2.24) is 14.7 Å². The summed E-state index contributed by atoms with van der Waals surface area (Å²) in [5.74, 6) is -0.729. The van der Waals surface area contributed by atoms with E-state index < -0.39 is 5.97 Å². The molecule has 0 radical (unpaired) electrons. The molecule has 1 amide bonds. The number of amides is 1. The molecule has 1 N–H and O–H groups in total. The van der Waals surface area contributed by atoms with Crippen molar-refractivity contribution in [2.24, 2.45) is 0 Å². The Kier molecular flexibility index (Phi) is 6.46. The first-order valence-electron chi connectivity index (χ1n) is 9.74. The van der Waals surface area contributed by atoms with Crippen LogP contribution in [0.1, 0.15) is 57.8 Å². The highest BCUT2D eigenvalue weighted by Crippen LogP contribution is 2.28. The maximum Gasteiger partial charge on any atom is 0.335 e. The standard InChI is InChI=1S/C21H27N3O4/c1-3-28-12-11-24-19(13-15(2)22-24)20(25)23-10-4-5-18(14-23)16-6-8-17(9-7-16)21(26)27/h6-9,13,18H,3-5,10-12,14H2,1-2H3,(H,26,27)/t18-/m1/s1. The summed E-state index contributed by atoms with van der Waals surface area (Å²) in [5, 5.41) is 13.5.